The summed E-state index contributed by atoms with van der Waals surface area (Å²) >= 11 is 0. The minimum Gasteiger partial charge on any atom is -0.401 e. The molecule has 14 heavy (non-hydrogen) atoms. The van der Waals surface area contributed by atoms with Gasteiger partial charge >= 0.3 is 7.32 Å². The maximum absolute atomic E-state index is 8.88. The van der Waals surface area contributed by atoms with Crippen molar-refractivity contribution in [1.82, 2.24) is 0 Å². The first-order valence-corrected chi connectivity index (χ1v) is 4.49. The van der Waals surface area contributed by atoms with Crippen molar-refractivity contribution < 1.29 is 14.4 Å². The zero-order valence-corrected chi connectivity index (χ0v) is 8.14. The Balaban J connectivity index is 2.50. The Labute approximate surface area is 83.8 Å². The van der Waals surface area contributed by atoms with Gasteiger partial charge in [-0.3, -0.25) is 0 Å². The second-order valence-electron chi connectivity index (χ2n) is 2.93. The summed E-state index contributed by atoms with van der Waals surface area (Å²) in [7, 11) is -1.36. The summed E-state index contributed by atoms with van der Waals surface area (Å²) in [5.74, 6) is 4.72. The van der Waals surface area contributed by atoms with Crippen molar-refractivity contribution in [1.29, 1.82) is 0 Å². The average Bonchev–Trinajstić information content (AvgIpc) is 2.26. The Hall–Kier alpha value is -0.875. The molecule has 0 aliphatic carbocycles. The van der Waals surface area contributed by atoms with E-state index in [1.165, 1.54) is 5.56 Å². The maximum Gasteiger partial charge on any atom is 0.654 e. The Bertz CT molecular complexity index is 283. The van der Waals surface area contributed by atoms with Crippen molar-refractivity contribution in [2.75, 3.05) is 0 Å². The van der Waals surface area contributed by atoms with Crippen LogP contribution in [-0.2, 0) is 22.4 Å². The van der Waals surface area contributed by atoms with Crippen molar-refractivity contribution in [3.8, 4) is 0 Å². The fourth-order valence-electron chi connectivity index (χ4n) is 1.15. The zero-order valence-electron chi connectivity index (χ0n) is 8.14. The smallest absolute Gasteiger partial charge is 0.401 e. The normalized spacial score (nSPS) is 10.2. The van der Waals surface area contributed by atoms with Gasteiger partial charge in [-0.2, -0.15) is 0 Å². The molecule has 76 valence electrons. The molecule has 0 atom stereocenters. The van der Waals surface area contributed by atoms with Crippen LogP contribution in [0.25, 0.3) is 0 Å². The first kappa shape index (κ1) is 11.2. The standard InChI is InChI=1S/C9H14BNO3/c1-2-8-4-3-5-9(6-8)7-13-10(12)14-11/h3-6,12H,2,7,11H2,1H3. The summed E-state index contributed by atoms with van der Waals surface area (Å²) < 4.78 is 8.95. The molecular formula is C9H14BNO3. The molecular weight excluding hydrogens is 181 g/mol. The van der Waals surface area contributed by atoms with Crippen LogP contribution in [0.3, 0.4) is 0 Å². The molecule has 0 aromatic heterocycles. The van der Waals surface area contributed by atoms with Gasteiger partial charge in [-0.25, -0.2) is 5.90 Å². The second-order valence-corrected chi connectivity index (χ2v) is 2.93. The van der Waals surface area contributed by atoms with E-state index in [0.717, 1.165) is 12.0 Å². The number of hydrogen-bond donors (Lipinski definition) is 2. The summed E-state index contributed by atoms with van der Waals surface area (Å²) in [6, 6.07) is 7.93. The lowest BCUT2D eigenvalue weighted by Gasteiger charge is -2.06. The number of rotatable bonds is 5. The molecule has 0 bridgehead atoms. The number of hydrogen-bond acceptors (Lipinski definition) is 4. The van der Waals surface area contributed by atoms with Gasteiger partial charge in [0, 0.05) is 0 Å². The fraction of sp³-hybridized carbons (Fsp3) is 0.333. The van der Waals surface area contributed by atoms with Gasteiger partial charge in [0.25, 0.3) is 0 Å². The molecule has 4 nitrogen and oxygen atoms in total. The SMILES string of the molecule is CCc1cccc(COB(O)ON)c1. The van der Waals surface area contributed by atoms with E-state index < -0.39 is 7.32 Å². The van der Waals surface area contributed by atoms with E-state index in [9.17, 15) is 0 Å². The molecule has 0 radical (unpaired) electrons. The monoisotopic (exact) mass is 195 g/mol. The van der Waals surface area contributed by atoms with Crippen molar-refractivity contribution >= 4 is 7.32 Å². The fourth-order valence-corrected chi connectivity index (χ4v) is 1.15. The lowest BCUT2D eigenvalue weighted by Crippen LogP contribution is -2.25. The minimum absolute atomic E-state index is 0.284. The van der Waals surface area contributed by atoms with E-state index in [-0.39, 0.29) is 6.61 Å². The van der Waals surface area contributed by atoms with Gasteiger partial charge in [-0.1, -0.05) is 31.2 Å². The predicted molar refractivity (Wildman–Crippen MR) is 53.9 cm³/mol. The number of aryl methyl sites for hydroxylation is 1. The summed E-state index contributed by atoms with van der Waals surface area (Å²) in [6.45, 7) is 2.37. The van der Waals surface area contributed by atoms with Gasteiger partial charge in [0.05, 0.1) is 6.61 Å². The highest BCUT2D eigenvalue weighted by molar-refractivity contribution is 6.34. The summed E-state index contributed by atoms with van der Waals surface area (Å²) in [5.41, 5.74) is 2.22. The molecule has 0 unspecified atom stereocenters. The molecule has 0 heterocycles. The third kappa shape index (κ3) is 3.47. The van der Waals surface area contributed by atoms with Gasteiger partial charge in [-0.15, -0.1) is 0 Å². The molecule has 0 spiro atoms. The Morgan fingerprint density at radius 1 is 1.43 bits per heavy atom. The van der Waals surface area contributed by atoms with Crippen LogP contribution >= 0.6 is 0 Å². The maximum atomic E-state index is 8.88. The largest absolute Gasteiger partial charge is 0.654 e. The highest BCUT2D eigenvalue weighted by Gasteiger charge is 2.13. The first-order chi connectivity index (χ1) is 6.76. The zero-order chi connectivity index (χ0) is 10.4. The van der Waals surface area contributed by atoms with E-state index in [1.54, 1.807) is 0 Å². The number of benzene rings is 1. The summed E-state index contributed by atoms with van der Waals surface area (Å²) in [4.78, 5) is 0. The van der Waals surface area contributed by atoms with Gasteiger partial charge in [0.2, 0.25) is 0 Å². The lowest BCUT2D eigenvalue weighted by molar-refractivity contribution is 0.127. The van der Waals surface area contributed by atoms with Gasteiger partial charge in [-0.05, 0) is 17.5 Å². The van der Waals surface area contributed by atoms with Gasteiger partial charge in [0.15, 0.2) is 0 Å². The van der Waals surface area contributed by atoms with Crippen LogP contribution in [-0.4, -0.2) is 12.3 Å². The van der Waals surface area contributed by atoms with Gasteiger partial charge in [0.1, 0.15) is 0 Å². The second kappa shape index (κ2) is 5.77. The van der Waals surface area contributed by atoms with Gasteiger partial charge < -0.3 is 14.4 Å². The van der Waals surface area contributed by atoms with Crippen LogP contribution in [0.2, 0.25) is 0 Å². The molecule has 0 aliphatic rings. The first-order valence-electron chi connectivity index (χ1n) is 4.49. The van der Waals surface area contributed by atoms with Crippen molar-refractivity contribution in [3.05, 3.63) is 35.4 Å². The van der Waals surface area contributed by atoms with Crippen LogP contribution in [0.15, 0.2) is 24.3 Å². The molecule has 1 aromatic carbocycles. The van der Waals surface area contributed by atoms with E-state index in [1.807, 2.05) is 24.3 Å². The topological polar surface area (TPSA) is 64.7 Å². The molecule has 0 saturated heterocycles. The molecule has 3 N–H and O–H groups in total. The minimum atomic E-state index is -1.36. The third-order valence-electron chi connectivity index (χ3n) is 1.91. The lowest BCUT2D eigenvalue weighted by atomic mass is 10.1. The highest BCUT2D eigenvalue weighted by atomic mass is 16.7. The van der Waals surface area contributed by atoms with Crippen molar-refractivity contribution in [3.63, 3.8) is 0 Å². The predicted octanol–water partition coefficient (Wildman–Crippen LogP) is 0.633. The van der Waals surface area contributed by atoms with Crippen molar-refractivity contribution in [2.24, 2.45) is 5.90 Å². The molecule has 0 saturated carbocycles. The summed E-state index contributed by atoms with van der Waals surface area (Å²) in [5, 5.41) is 8.88. The quantitative estimate of drug-likeness (QED) is 0.534. The van der Waals surface area contributed by atoms with Crippen LogP contribution in [0.5, 0.6) is 0 Å². The molecule has 0 fully saturated rings. The molecule has 1 aromatic rings. The Kier molecular flexibility index (Phi) is 4.62. The third-order valence-corrected chi connectivity index (χ3v) is 1.91. The highest BCUT2D eigenvalue weighted by Crippen LogP contribution is 2.07. The molecule has 0 amide bonds. The van der Waals surface area contributed by atoms with Crippen LogP contribution in [0, 0.1) is 0 Å². The molecule has 1 rings (SSSR count). The van der Waals surface area contributed by atoms with Crippen LogP contribution in [0.4, 0.5) is 0 Å². The Morgan fingerprint density at radius 2 is 2.14 bits per heavy atom. The molecule has 0 aliphatic heterocycles. The van der Waals surface area contributed by atoms with E-state index in [2.05, 4.69) is 11.7 Å². The average molecular weight is 195 g/mol. The van der Waals surface area contributed by atoms with Crippen LogP contribution in [0.1, 0.15) is 18.1 Å². The van der Waals surface area contributed by atoms with E-state index in [4.69, 9.17) is 15.6 Å². The number of nitrogens with two attached hydrogens (primary N) is 1. The Morgan fingerprint density at radius 3 is 2.79 bits per heavy atom. The summed E-state index contributed by atoms with van der Waals surface area (Å²) in [6.07, 6.45) is 0.976. The van der Waals surface area contributed by atoms with E-state index >= 15 is 0 Å². The molecule has 5 heteroatoms. The van der Waals surface area contributed by atoms with Crippen molar-refractivity contribution in [2.45, 2.75) is 20.0 Å². The van der Waals surface area contributed by atoms with Crippen LogP contribution < -0.4 is 5.90 Å². The van der Waals surface area contributed by atoms with E-state index in [0.29, 0.717) is 0 Å².